The van der Waals surface area contributed by atoms with Crippen LogP contribution in [-0.2, 0) is 6.42 Å². The van der Waals surface area contributed by atoms with E-state index in [-0.39, 0.29) is 6.42 Å². The van der Waals surface area contributed by atoms with Crippen molar-refractivity contribution in [2.24, 2.45) is 0 Å². The fraction of sp³-hybridized carbons (Fsp3) is 0.467. The molecule has 0 aliphatic carbocycles. The Labute approximate surface area is 123 Å². The van der Waals surface area contributed by atoms with Gasteiger partial charge < -0.3 is 30.3 Å². The van der Waals surface area contributed by atoms with Crippen molar-refractivity contribution >= 4 is 0 Å². The summed E-state index contributed by atoms with van der Waals surface area (Å²) in [5.41, 5.74) is 0.781. The molecule has 0 heterocycles. The minimum absolute atomic E-state index is 0.271. The van der Waals surface area contributed by atoms with E-state index in [9.17, 15) is 20.4 Å². The van der Waals surface area contributed by atoms with Gasteiger partial charge >= 0.3 is 0 Å². The minimum atomic E-state index is -1.66. The molecule has 0 bridgehead atoms. The minimum Gasteiger partial charge on any atom is -0.462 e. The second-order valence-electron chi connectivity index (χ2n) is 4.74. The highest BCUT2D eigenvalue weighted by atomic mass is 16.6. The number of rotatable bonds is 9. The summed E-state index contributed by atoms with van der Waals surface area (Å²) in [6.45, 7) is 3.08. The number of aliphatic hydroxyl groups excluding tert-OH is 5. The van der Waals surface area contributed by atoms with Crippen molar-refractivity contribution in [3.8, 4) is 5.75 Å². The van der Waals surface area contributed by atoms with E-state index in [1.807, 2.05) is 0 Å². The van der Waals surface area contributed by atoms with Gasteiger partial charge in [0.25, 0.3) is 0 Å². The van der Waals surface area contributed by atoms with Gasteiger partial charge in [0.2, 0.25) is 6.29 Å². The molecule has 0 spiro atoms. The lowest BCUT2D eigenvalue weighted by Crippen LogP contribution is -2.42. The molecule has 21 heavy (non-hydrogen) atoms. The summed E-state index contributed by atoms with van der Waals surface area (Å²) in [6, 6.07) is 6.94. The zero-order chi connectivity index (χ0) is 15.8. The van der Waals surface area contributed by atoms with Crippen LogP contribution in [0.2, 0.25) is 0 Å². The average Bonchev–Trinajstić information content (AvgIpc) is 2.48. The number of hydrogen-bond donors (Lipinski definition) is 5. The Balaban J connectivity index is 2.67. The van der Waals surface area contributed by atoms with Gasteiger partial charge in [0.05, 0.1) is 18.8 Å². The molecule has 1 aromatic rings. The van der Waals surface area contributed by atoms with E-state index in [1.165, 1.54) is 0 Å². The standard InChI is InChI=1S/C15H22O6/c1-2-5-10-6-3-4-7-13(10)21-15(20)14(19)12(18)8-11(17)9-16/h2-4,6-7,11-12,14-20H,1,5,8-9H2. The molecule has 118 valence electrons. The summed E-state index contributed by atoms with van der Waals surface area (Å²) in [5.74, 6) is 0.374. The van der Waals surface area contributed by atoms with Crippen molar-refractivity contribution < 1.29 is 30.3 Å². The third-order valence-electron chi connectivity index (χ3n) is 3.00. The molecule has 4 atom stereocenters. The first-order valence-electron chi connectivity index (χ1n) is 6.68. The predicted molar refractivity (Wildman–Crippen MR) is 76.7 cm³/mol. The maximum absolute atomic E-state index is 9.82. The quantitative estimate of drug-likeness (QED) is 0.313. The molecule has 1 rings (SSSR count). The molecular formula is C15H22O6. The Hall–Kier alpha value is -1.44. The number of benzene rings is 1. The van der Waals surface area contributed by atoms with Gasteiger partial charge in [-0.05, 0) is 18.1 Å². The second-order valence-corrected chi connectivity index (χ2v) is 4.74. The summed E-state index contributed by atoms with van der Waals surface area (Å²) < 4.78 is 5.25. The first-order chi connectivity index (χ1) is 9.99. The molecule has 4 unspecified atom stereocenters. The zero-order valence-electron chi connectivity index (χ0n) is 11.7. The largest absolute Gasteiger partial charge is 0.462 e. The maximum atomic E-state index is 9.82. The smallest absolute Gasteiger partial charge is 0.226 e. The summed E-state index contributed by atoms with van der Waals surface area (Å²) >= 11 is 0. The van der Waals surface area contributed by atoms with Crippen LogP contribution in [0.1, 0.15) is 12.0 Å². The Kier molecular flexibility index (Phi) is 7.35. The molecule has 5 N–H and O–H groups in total. The fourth-order valence-corrected chi connectivity index (χ4v) is 1.83. The third kappa shape index (κ3) is 5.45. The van der Waals surface area contributed by atoms with E-state index in [1.54, 1.807) is 30.3 Å². The Morgan fingerprint density at radius 1 is 1.14 bits per heavy atom. The second kappa shape index (κ2) is 8.76. The van der Waals surface area contributed by atoms with Crippen LogP contribution in [0.4, 0.5) is 0 Å². The van der Waals surface area contributed by atoms with Gasteiger partial charge in [0, 0.05) is 6.42 Å². The summed E-state index contributed by atoms with van der Waals surface area (Å²) in [5, 5.41) is 47.2. The monoisotopic (exact) mass is 298 g/mol. The molecule has 0 saturated carbocycles. The van der Waals surface area contributed by atoms with Gasteiger partial charge in [-0.3, -0.25) is 0 Å². The number of aliphatic hydroxyl groups is 5. The highest BCUT2D eigenvalue weighted by molar-refractivity contribution is 5.34. The van der Waals surface area contributed by atoms with Crippen LogP contribution in [0.5, 0.6) is 5.75 Å². The van der Waals surface area contributed by atoms with Gasteiger partial charge in [0.1, 0.15) is 11.9 Å². The average molecular weight is 298 g/mol. The van der Waals surface area contributed by atoms with Crippen molar-refractivity contribution in [1.29, 1.82) is 0 Å². The number of ether oxygens (including phenoxy) is 1. The van der Waals surface area contributed by atoms with E-state index in [4.69, 9.17) is 9.84 Å². The zero-order valence-corrected chi connectivity index (χ0v) is 11.7. The lowest BCUT2D eigenvalue weighted by Gasteiger charge is -2.25. The van der Waals surface area contributed by atoms with Gasteiger partial charge in [-0.25, -0.2) is 0 Å². The Bertz CT molecular complexity index is 436. The van der Waals surface area contributed by atoms with Crippen LogP contribution in [0, 0.1) is 0 Å². The third-order valence-corrected chi connectivity index (χ3v) is 3.00. The van der Waals surface area contributed by atoms with Crippen LogP contribution in [0.15, 0.2) is 36.9 Å². The van der Waals surface area contributed by atoms with E-state index in [0.717, 1.165) is 5.56 Å². The summed E-state index contributed by atoms with van der Waals surface area (Å²) in [7, 11) is 0. The molecule has 0 amide bonds. The SMILES string of the molecule is C=CCc1ccccc1OC(O)C(O)C(O)CC(O)CO. The maximum Gasteiger partial charge on any atom is 0.226 e. The van der Waals surface area contributed by atoms with Crippen LogP contribution < -0.4 is 4.74 Å². The molecule has 0 aliphatic rings. The van der Waals surface area contributed by atoms with Crippen molar-refractivity contribution in [3.63, 3.8) is 0 Å². The van der Waals surface area contributed by atoms with Gasteiger partial charge in [-0.1, -0.05) is 24.3 Å². The van der Waals surface area contributed by atoms with Gasteiger partial charge in [-0.2, -0.15) is 0 Å². The predicted octanol–water partition coefficient (Wildman–Crippen LogP) is -0.423. The lowest BCUT2D eigenvalue weighted by atomic mass is 10.1. The van der Waals surface area contributed by atoms with Crippen molar-refractivity contribution in [2.75, 3.05) is 6.61 Å². The van der Waals surface area contributed by atoms with E-state index >= 15 is 0 Å². The van der Waals surface area contributed by atoms with E-state index in [2.05, 4.69) is 6.58 Å². The fourth-order valence-electron chi connectivity index (χ4n) is 1.83. The summed E-state index contributed by atoms with van der Waals surface area (Å²) in [4.78, 5) is 0. The van der Waals surface area contributed by atoms with Crippen LogP contribution >= 0.6 is 0 Å². The Morgan fingerprint density at radius 2 is 1.81 bits per heavy atom. The van der Waals surface area contributed by atoms with Crippen LogP contribution in [-0.4, -0.2) is 56.7 Å². The number of hydrogen-bond acceptors (Lipinski definition) is 6. The topological polar surface area (TPSA) is 110 Å². The lowest BCUT2D eigenvalue weighted by molar-refractivity contribution is -0.150. The molecule has 6 heteroatoms. The normalized spacial score (nSPS) is 16.8. The van der Waals surface area contributed by atoms with Crippen LogP contribution in [0.3, 0.4) is 0 Å². The molecule has 0 aromatic heterocycles. The molecule has 0 saturated heterocycles. The number of para-hydroxylation sites is 1. The first-order valence-corrected chi connectivity index (χ1v) is 6.68. The summed E-state index contributed by atoms with van der Waals surface area (Å²) in [6.07, 6.45) is -3.92. The first kappa shape index (κ1) is 17.6. The number of allylic oxidation sites excluding steroid dienone is 1. The van der Waals surface area contributed by atoms with Crippen molar-refractivity contribution in [3.05, 3.63) is 42.5 Å². The molecule has 0 aliphatic heterocycles. The van der Waals surface area contributed by atoms with Crippen molar-refractivity contribution in [2.45, 2.75) is 37.4 Å². The molecule has 6 nitrogen and oxygen atoms in total. The van der Waals surface area contributed by atoms with E-state index in [0.29, 0.717) is 12.2 Å². The van der Waals surface area contributed by atoms with E-state index < -0.39 is 31.2 Å². The van der Waals surface area contributed by atoms with Gasteiger partial charge in [0.15, 0.2) is 0 Å². The molecule has 0 fully saturated rings. The van der Waals surface area contributed by atoms with Crippen molar-refractivity contribution in [1.82, 2.24) is 0 Å². The van der Waals surface area contributed by atoms with Crippen LogP contribution in [0.25, 0.3) is 0 Å². The van der Waals surface area contributed by atoms with Gasteiger partial charge in [-0.15, -0.1) is 6.58 Å². The highest BCUT2D eigenvalue weighted by Crippen LogP contribution is 2.21. The molecular weight excluding hydrogens is 276 g/mol. The highest BCUT2D eigenvalue weighted by Gasteiger charge is 2.28. The Morgan fingerprint density at radius 3 is 2.43 bits per heavy atom. The molecule has 1 aromatic carbocycles. The molecule has 0 radical (unpaired) electrons.